The van der Waals surface area contributed by atoms with Crippen LogP contribution >= 0.6 is 0 Å². The summed E-state index contributed by atoms with van der Waals surface area (Å²) in [6.45, 7) is 1.11. The van der Waals surface area contributed by atoms with Crippen molar-refractivity contribution in [2.75, 3.05) is 6.54 Å². The van der Waals surface area contributed by atoms with Crippen molar-refractivity contribution in [3.05, 3.63) is 65.7 Å². The molecule has 9 heteroatoms. The smallest absolute Gasteiger partial charge is 0.242 e. The van der Waals surface area contributed by atoms with Gasteiger partial charge in [-0.3, -0.25) is 19.2 Å². The first-order chi connectivity index (χ1) is 15.3. The Morgan fingerprint density at radius 2 is 1.56 bits per heavy atom. The van der Waals surface area contributed by atoms with E-state index >= 15 is 0 Å². The molecule has 32 heavy (non-hydrogen) atoms. The molecule has 0 aliphatic rings. The highest BCUT2D eigenvalue weighted by atomic mass is 16.3. The van der Waals surface area contributed by atoms with Gasteiger partial charge in [-0.2, -0.15) is 0 Å². The summed E-state index contributed by atoms with van der Waals surface area (Å²) in [5, 5.41) is 16.7. The summed E-state index contributed by atoms with van der Waals surface area (Å²) in [6, 6.07) is 12.8. The van der Waals surface area contributed by atoms with E-state index in [1.54, 1.807) is 18.4 Å². The van der Waals surface area contributed by atoms with Crippen molar-refractivity contribution < 1.29 is 24.3 Å². The Morgan fingerprint density at radius 1 is 0.938 bits per heavy atom. The third kappa shape index (κ3) is 8.19. The molecule has 169 valence electrons. The van der Waals surface area contributed by atoms with Gasteiger partial charge in [-0.1, -0.05) is 42.5 Å². The fourth-order valence-corrected chi connectivity index (χ4v) is 2.90. The van der Waals surface area contributed by atoms with Gasteiger partial charge in [0.25, 0.3) is 0 Å². The molecule has 2 rings (SSSR count). The lowest BCUT2D eigenvalue weighted by Crippen LogP contribution is -2.52. The van der Waals surface area contributed by atoms with Crippen LogP contribution < -0.4 is 21.7 Å². The Labute approximate surface area is 186 Å². The van der Waals surface area contributed by atoms with E-state index in [-0.39, 0.29) is 25.1 Å². The molecule has 1 radical (unpaired) electrons. The van der Waals surface area contributed by atoms with Gasteiger partial charge < -0.3 is 26.8 Å². The minimum Gasteiger partial charge on any atom is -0.508 e. The molecule has 0 saturated carbocycles. The number of phenols is 1. The van der Waals surface area contributed by atoms with Crippen molar-refractivity contribution in [1.82, 2.24) is 16.0 Å². The standard InChI is InChI=1S/C23H27N4O5/c1-15(26-23(32)20(24)12-17-7-9-19(29)10-8-17)22(31)25-13-21(30)27-18(14-28)11-16-5-3-2-4-6-16/h2-10,15,18,20,29H,11-13,24H2,1H3,(H,25,31)(H,26,32)(H,27,30)/t15-,18+,20+/m1/s1. The first kappa shape index (κ1) is 24.5. The van der Waals surface area contributed by atoms with Gasteiger partial charge in [-0.25, -0.2) is 0 Å². The van der Waals surface area contributed by atoms with Crippen LogP contribution in [0.15, 0.2) is 54.6 Å². The van der Waals surface area contributed by atoms with Crippen molar-refractivity contribution in [3.8, 4) is 5.75 Å². The van der Waals surface area contributed by atoms with E-state index in [1.807, 2.05) is 30.3 Å². The van der Waals surface area contributed by atoms with Gasteiger partial charge in [0, 0.05) is 6.42 Å². The van der Waals surface area contributed by atoms with E-state index in [0.29, 0.717) is 0 Å². The van der Waals surface area contributed by atoms with Gasteiger partial charge in [0.1, 0.15) is 11.8 Å². The van der Waals surface area contributed by atoms with Crippen molar-refractivity contribution >= 4 is 24.0 Å². The molecule has 3 amide bonds. The third-order valence-electron chi connectivity index (χ3n) is 4.66. The van der Waals surface area contributed by atoms with Gasteiger partial charge in [0.2, 0.25) is 24.0 Å². The normalized spacial score (nSPS) is 13.3. The summed E-state index contributed by atoms with van der Waals surface area (Å²) in [6.07, 6.45) is 2.29. The molecule has 0 aromatic heterocycles. The number of hydrogen-bond donors (Lipinski definition) is 5. The van der Waals surface area contributed by atoms with Crippen molar-refractivity contribution in [2.45, 2.75) is 37.9 Å². The Hall–Kier alpha value is -3.72. The minimum absolute atomic E-state index is 0.110. The molecule has 0 spiro atoms. The van der Waals surface area contributed by atoms with Crippen LogP contribution in [0.1, 0.15) is 18.1 Å². The zero-order valence-corrected chi connectivity index (χ0v) is 17.7. The molecule has 2 aromatic rings. The number of nitrogens with one attached hydrogen (secondary N) is 3. The second-order valence-electron chi connectivity index (χ2n) is 7.35. The maximum atomic E-state index is 12.2. The van der Waals surface area contributed by atoms with Crippen LogP contribution in [0.3, 0.4) is 0 Å². The largest absolute Gasteiger partial charge is 0.508 e. The SMILES string of the molecule is C[C@@H](NC(=O)[C@@H](N)Cc1ccc(O)cc1)C(=O)NCC(=O)N[C@H]([C]=O)Cc1ccccc1. The summed E-state index contributed by atoms with van der Waals surface area (Å²) in [4.78, 5) is 47.6. The monoisotopic (exact) mass is 439 g/mol. The zero-order valence-electron chi connectivity index (χ0n) is 17.7. The highest BCUT2D eigenvalue weighted by molar-refractivity contribution is 5.92. The summed E-state index contributed by atoms with van der Waals surface area (Å²) in [5.74, 6) is -1.53. The third-order valence-corrected chi connectivity index (χ3v) is 4.66. The lowest BCUT2D eigenvalue weighted by Gasteiger charge is -2.18. The van der Waals surface area contributed by atoms with Gasteiger partial charge in [0.05, 0.1) is 18.6 Å². The predicted octanol–water partition coefficient (Wildman–Crippen LogP) is -0.280. The fraction of sp³-hybridized carbons (Fsp3) is 0.304. The van der Waals surface area contributed by atoms with E-state index in [4.69, 9.17) is 5.73 Å². The van der Waals surface area contributed by atoms with Crippen LogP contribution in [0.25, 0.3) is 0 Å². The van der Waals surface area contributed by atoms with Crippen molar-refractivity contribution in [2.24, 2.45) is 5.73 Å². The van der Waals surface area contributed by atoms with Crippen LogP contribution in [-0.4, -0.2) is 53.8 Å². The molecular formula is C23H27N4O5. The predicted molar refractivity (Wildman–Crippen MR) is 118 cm³/mol. The fourth-order valence-electron chi connectivity index (χ4n) is 2.90. The summed E-state index contributed by atoms with van der Waals surface area (Å²) in [5.41, 5.74) is 7.51. The van der Waals surface area contributed by atoms with Crippen LogP contribution in [-0.2, 0) is 32.0 Å². The molecule has 2 aromatic carbocycles. The minimum atomic E-state index is -0.918. The lowest BCUT2D eigenvalue weighted by atomic mass is 10.1. The number of aromatic hydroxyl groups is 1. The van der Waals surface area contributed by atoms with Crippen LogP contribution in [0.4, 0.5) is 0 Å². The van der Waals surface area contributed by atoms with Crippen LogP contribution in [0.5, 0.6) is 5.75 Å². The van der Waals surface area contributed by atoms with E-state index in [0.717, 1.165) is 11.1 Å². The maximum absolute atomic E-state index is 12.2. The second-order valence-corrected chi connectivity index (χ2v) is 7.35. The Bertz CT molecular complexity index is 918. The number of amides is 3. The zero-order chi connectivity index (χ0) is 23.5. The first-order valence-electron chi connectivity index (χ1n) is 10.1. The molecule has 0 fully saturated rings. The van der Waals surface area contributed by atoms with Gasteiger partial charge >= 0.3 is 0 Å². The molecule has 3 atom stereocenters. The van der Waals surface area contributed by atoms with Gasteiger partial charge in [-0.15, -0.1) is 0 Å². The highest BCUT2D eigenvalue weighted by Crippen LogP contribution is 2.11. The Kier molecular flexibility index (Phi) is 9.37. The van der Waals surface area contributed by atoms with Crippen LogP contribution in [0.2, 0.25) is 0 Å². The number of hydrogen-bond acceptors (Lipinski definition) is 6. The van der Waals surface area contributed by atoms with Crippen LogP contribution in [0, 0.1) is 0 Å². The quantitative estimate of drug-likeness (QED) is 0.325. The van der Waals surface area contributed by atoms with Gasteiger partial charge in [-0.05, 0) is 36.6 Å². The summed E-state index contributed by atoms with van der Waals surface area (Å²) < 4.78 is 0. The van der Waals surface area contributed by atoms with E-state index in [9.17, 15) is 24.3 Å². The molecule has 0 unspecified atom stereocenters. The average molecular weight is 439 g/mol. The van der Waals surface area contributed by atoms with Gasteiger partial charge in [0.15, 0.2) is 0 Å². The number of carbonyl (C=O) groups excluding carboxylic acids is 4. The number of rotatable bonds is 11. The molecule has 0 heterocycles. The average Bonchev–Trinajstić information content (AvgIpc) is 2.79. The molecule has 9 nitrogen and oxygen atoms in total. The molecule has 0 bridgehead atoms. The molecule has 6 N–H and O–H groups in total. The Balaban J connectivity index is 1.74. The topological polar surface area (TPSA) is 151 Å². The highest BCUT2D eigenvalue weighted by Gasteiger charge is 2.21. The van der Waals surface area contributed by atoms with E-state index < -0.39 is 35.8 Å². The van der Waals surface area contributed by atoms with Crippen molar-refractivity contribution in [3.63, 3.8) is 0 Å². The van der Waals surface area contributed by atoms with E-state index in [2.05, 4.69) is 16.0 Å². The molecule has 0 saturated heterocycles. The number of benzene rings is 2. The second kappa shape index (κ2) is 12.2. The summed E-state index contributed by atoms with van der Waals surface area (Å²) in [7, 11) is 0. The van der Waals surface area contributed by atoms with Crippen molar-refractivity contribution in [1.29, 1.82) is 0 Å². The maximum Gasteiger partial charge on any atom is 0.242 e. The molecular weight excluding hydrogens is 412 g/mol. The Morgan fingerprint density at radius 3 is 2.19 bits per heavy atom. The number of carbonyl (C=O) groups is 3. The molecule has 0 aliphatic carbocycles. The number of nitrogens with two attached hydrogens (primary N) is 1. The van der Waals surface area contributed by atoms with E-state index in [1.165, 1.54) is 19.1 Å². The first-order valence-corrected chi connectivity index (χ1v) is 10.1. The molecule has 0 aliphatic heterocycles. The summed E-state index contributed by atoms with van der Waals surface area (Å²) >= 11 is 0. The lowest BCUT2D eigenvalue weighted by molar-refractivity contribution is -0.130. The number of phenolic OH excluding ortho intramolecular Hbond substituents is 1.